The first-order valence-corrected chi connectivity index (χ1v) is 5.59. The molecule has 5 N–H and O–H groups in total. The molecule has 0 spiro atoms. The van der Waals surface area contributed by atoms with Crippen LogP contribution in [0.2, 0.25) is 5.02 Å². The predicted molar refractivity (Wildman–Crippen MR) is 78.3 cm³/mol. The summed E-state index contributed by atoms with van der Waals surface area (Å²) in [6, 6.07) is 7.49. The third-order valence-electron chi connectivity index (χ3n) is 2.24. The van der Waals surface area contributed by atoms with Gasteiger partial charge in [-0.05, 0) is 18.6 Å². The zero-order chi connectivity index (χ0) is 12.8. The third-order valence-corrected chi connectivity index (χ3v) is 2.60. The van der Waals surface area contributed by atoms with Crippen LogP contribution in [0.4, 0.5) is 0 Å². The molecular formula is C11H17Cl2N5. The van der Waals surface area contributed by atoms with E-state index in [4.69, 9.17) is 28.5 Å². The lowest BCUT2D eigenvalue weighted by atomic mass is 10.2. The van der Waals surface area contributed by atoms with Gasteiger partial charge in [0.25, 0.3) is 0 Å². The lowest BCUT2D eigenvalue weighted by Crippen LogP contribution is -2.32. The summed E-state index contributed by atoms with van der Waals surface area (Å²) < 4.78 is 0. The molecule has 0 aliphatic rings. The van der Waals surface area contributed by atoms with Crippen LogP contribution in [0.15, 0.2) is 29.3 Å². The lowest BCUT2D eigenvalue weighted by Gasteiger charge is -2.21. The summed E-state index contributed by atoms with van der Waals surface area (Å²) >= 11 is 6.05. The first kappa shape index (κ1) is 16.5. The van der Waals surface area contributed by atoms with Gasteiger partial charge in [0.05, 0.1) is 0 Å². The minimum absolute atomic E-state index is 0. The molecule has 0 radical (unpaired) electrons. The van der Waals surface area contributed by atoms with Crippen LogP contribution in [0.1, 0.15) is 12.5 Å². The lowest BCUT2D eigenvalue weighted by molar-refractivity contribution is 0.428. The topological polar surface area (TPSA) is 91.5 Å². The fourth-order valence-corrected chi connectivity index (χ4v) is 1.56. The summed E-state index contributed by atoms with van der Waals surface area (Å²) in [5.41, 5.74) is 11.4. The zero-order valence-electron chi connectivity index (χ0n) is 10.1. The van der Waals surface area contributed by atoms with Gasteiger partial charge in [-0.15, -0.1) is 12.4 Å². The SMILES string of the molecule is CCN(Cc1ccccc1Cl)C(=N)N=C(N)N.Cl. The van der Waals surface area contributed by atoms with Gasteiger partial charge in [0.15, 0.2) is 5.96 Å². The molecule has 0 saturated carbocycles. The quantitative estimate of drug-likeness (QED) is 0.585. The maximum absolute atomic E-state index is 7.73. The monoisotopic (exact) mass is 289 g/mol. The normalized spacial score (nSPS) is 9.22. The molecule has 0 bridgehead atoms. The van der Waals surface area contributed by atoms with Crippen LogP contribution in [0.25, 0.3) is 0 Å². The van der Waals surface area contributed by atoms with Crippen molar-refractivity contribution in [1.29, 1.82) is 5.41 Å². The number of hydrogen-bond acceptors (Lipinski definition) is 1. The van der Waals surface area contributed by atoms with Crippen molar-refractivity contribution in [2.24, 2.45) is 16.5 Å². The maximum Gasteiger partial charge on any atom is 0.221 e. The van der Waals surface area contributed by atoms with Gasteiger partial charge in [0.1, 0.15) is 0 Å². The first-order valence-electron chi connectivity index (χ1n) is 5.21. The highest BCUT2D eigenvalue weighted by atomic mass is 35.5. The summed E-state index contributed by atoms with van der Waals surface area (Å²) in [7, 11) is 0. The number of rotatable bonds is 3. The summed E-state index contributed by atoms with van der Waals surface area (Å²) in [6.45, 7) is 3.06. The zero-order valence-corrected chi connectivity index (χ0v) is 11.6. The Bertz CT molecular complexity index is 429. The van der Waals surface area contributed by atoms with Crippen LogP contribution in [0, 0.1) is 5.41 Å². The van der Waals surface area contributed by atoms with Crippen LogP contribution < -0.4 is 11.5 Å². The van der Waals surface area contributed by atoms with Gasteiger partial charge in [-0.3, -0.25) is 5.41 Å². The molecule has 0 aliphatic carbocycles. The number of halogens is 2. The molecule has 1 aromatic carbocycles. The van der Waals surface area contributed by atoms with Crippen LogP contribution >= 0.6 is 24.0 Å². The van der Waals surface area contributed by atoms with E-state index in [2.05, 4.69) is 4.99 Å². The van der Waals surface area contributed by atoms with Crippen molar-refractivity contribution in [1.82, 2.24) is 4.90 Å². The van der Waals surface area contributed by atoms with E-state index in [-0.39, 0.29) is 24.3 Å². The summed E-state index contributed by atoms with van der Waals surface area (Å²) in [5.74, 6) is -0.0833. The molecule has 0 saturated heterocycles. The van der Waals surface area contributed by atoms with Gasteiger partial charge in [0.2, 0.25) is 5.96 Å². The second-order valence-electron chi connectivity index (χ2n) is 3.47. The van der Waals surface area contributed by atoms with E-state index >= 15 is 0 Å². The van der Waals surface area contributed by atoms with Crippen molar-refractivity contribution in [3.05, 3.63) is 34.9 Å². The molecule has 1 aromatic rings. The van der Waals surface area contributed by atoms with E-state index in [1.807, 2.05) is 31.2 Å². The molecule has 0 unspecified atom stereocenters. The van der Waals surface area contributed by atoms with Gasteiger partial charge in [-0.2, -0.15) is 4.99 Å². The molecular weight excluding hydrogens is 273 g/mol. The van der Waals surface area contributed by atoms with Crippen LogP contribution in [-0.2, 0) is 6.54 Å². The largest absolute Gasteiger partial charge is 0.370 e. The number of hydrogen-bond donors (Lipinski definition) is 3. The molecule has 7 heteroatoms. The molecule has 0 aromatic heterocycles. The number of nitrogens with two attached hydrogens (primary N) is 2. The van der Waals surface area contributed by atoms with Gasteiger partial charge in [-0.25, -0.2) is 0 Å². The summed E-state index contributed by atoms with van der Waals surface area (Å²) in [5, 5.41) is 8.40. The second kappa shape index (κ2) is 7.79. The minimum Gasteiger partial charge on any atom is -0.370 e. The molecule has 0 atom stereocenters. The summed E-state index contributed by atoms with van der Waals surface area (Å²) in [4.78, 5) is 5.44. The molecule has 1 rings (SSSR count). The molecule has 0 fully saturated rings. The van der Waals surface area contributed by atoms with E-state index in [0.717, 1.165) is 5.56 Å². The van der Waals surface area contributed by atoms with Crippen LogP contribution in [-0.4, -0.2) is 23.4 Å². The number of guanidine groups is 2. The van der Waals surface area contributed by atoms with E-state index in [1.165, 1.54) is 0 Å². The van der Waals surface area contributed by atoms with Gasteiger partial charge in [-0.1, -0.05) is 29.8 Å². The van der Waals surface area contributed by atoms with Crippen LogP contribution in [0.5, 0.6) is 0 Å². The Morgan fingerprint density at radius 2 is 2.00 bits per heavy atom. The smallest absolute Gasteiger partial charge is 0.221 e. The first-order chi connectivity index (χ1) is 8.04. The van der Waals surface area contributed by atoms with Crippen molar-refractivity contribution in [3.8, 4) is 0 Å². The maximum atomic E-state index is 7.73. The molecule has 0 aliphatic heterocycles. The molecule has 5 nitrogen and oxygen atoms in total. The van der Waals surface area contributed by atoms with E-state index in [0.29, 0.717) is 18.1 Å². The Balaban J connectivity index is 0.00000289. The van der Waals surface area contributed by atoms with E-state index < -0.39 is 0 Å². The molecule has 18 heavy (non-hydrogen) atoms. The number of nitrogens with zero attached hydrogens (tertiary/aromatic N) is 2. The Morgan fingerprint density at radius 3 is 2.50 bits per heavy atom. The second-order valence-corrected chi connectivity index (χ2v) is 3.87. The number of aliphatic imine (C=N–C) groups is 1. The van der Waals surface area contributed by atoms with E-state index in [1.54, 1.807) is 4.90 Å². The Morgan fingerprint density at radius 1 is 1.39 bits per heavy atom. The Kier molecular flexibility index (Phi) is 7.16. The van der Waals surface area contributed by atoms with Gasteiger partial charge in [0, 0.05) is 18.1 Å². The van der Waals surface area contributed by atoms with Crippen molar-refractivity contribution in [2.75, 3.05) is 6.54 Å². The highest BCUT2D eigenvalue weighted by molar-refractivity contribution is 6.31. The van der Waals surface area contributed by atoms with Gasteiger partial charge < -0.3 is 16.4 Å². The highest BCUT2D eigenvalue weighted by Gasteiger charge is 2.09. The van der Waals surface area contributed by atoms with E-state index in [9.17, 15) is 0 Å². The number of benzene rings is 1. The molecule has 100 valence electrons. The molecule has 0 heterocycles. The predicted octanol–water partition coefficient (Wildman–Crippen LogP) is 1.79. The fraction of sp³-hybridized carbons (Fsp3) is 0.273. The average Bonchev–Trinajstić information content (AvgIpc) is 2.27. The Hall–Kier alpha value is -1.46. The van der Waals surface area contributed by atoms with Crippen molar-refractivity contribution < 1.29 is 0 Å². The van der Waals surface area contributed by atoms with Crippen molar-refractivity contribution >= 4 is 35.9 Å². The highest BCUT2D eigenvalue weighted by Crippen LogP contribution is 2.17. The third kappa shape index (κ3) is 4.81. The van der Waals surface area contributed by atoms with Gasteiger partial charge >= 0.3 is 0 Å². The Labute approximate surface area is 118 Å². The summed E-state index contributed by atoms with van der Waals surface area (Å²) in [6.07, 6.45) is 0. The molecule has 0 amide bonds. The minimum atomic E-state index is -0.118. The average molecular weight is 290 g/mol. The van der Waals surface area contributed by atoms with Crippen molar-refractivity contribution in [2.45, 2.75) is 13.5 Å². The van der Waals surface area contributed by atoms with Crippen LogP contribution in [0.3, 0.4) is 0 Å². The fourth-order valence-electron chi connectivity index (χ4n) is 1.36. The van der Waals surface area contributed by atoms with Crippen molar-refractivity contribution in [3.63, 3.8) is 0 Å². The number of nitrogens with one attached hydrogen (secondary N) is 1. The standard InChI is InChI=1S/C11H16ClN5.ClH/c1-2-17(11(15)16-10(13)14)7-8-5-3-4-6-9(8)12;/h3-6H,2,7H2,1H3,(H5,13,14,15,16);1H.